The van der Waals surface area contributed by atoms with E-state index in [1.165, 1.54) is 6.07 Å². The lowest BCUT2D eigenvalue weighted by Crippen LogP contribution is -2.24. The molecule has 0 heterocycles. The van der Waals surface area contributed by atoms with E-state index >= 15 is 0 Å². The summed E-state index contributed by atoms with van der Waals surface area (Å²) in [7, 11) is 1.70. The maximum atomic E-state index is 13.0. The average molecular weight is 306 g/mol. The molecule has 0 radical (unpaired) electrons. The van der Waals surface area contributed by atoms with Crippen LogP contribution in [0.25, 0.3) is 0 Å². The summed E-state index contributed by atoms with van der Waals surface area (Å²) < 4.78 is 44.2. The number of alkyl halides is 3. The molecular weight excluding hydrogens is 289 g/mol. The molecule has 112 valence electrons. The molecule has 0 aromatic heterocycles. The molecule has 3 nitrogen and oxygen atoms in total. The van der Waals surface area contributed by atoms with Gasteiger partial charge in [0.25, 0.3) is 0 Å². The number of thiocarbonyl (C=S) groups is 1. The Balaban J connectivity index is 3.03. The Morgan fingerprint density at radius 3 is 2.55 bits per heavy atom. The van der Waals surface area contributed by atoms with Crippen molar-refractivity contribution in [2.45, 2.75) is 13.1 Å². The minimum atomic E-state index is -4.49. The molecule has 1 aromatic carbocycles. The fourth-order valence-electron chi connectivity index (χ4n) is 1.69. The first-order chi connectivity index (χ1) is 9.27. The smallest absolute Gasteiger partial charge is 0.389 e. The number of hydrogen-bond donors (Lipinski definition) is 1. The highest BCUT2D eigenvalue weighted by Crippen LogP contribution is 2.34. The van der Waals surface area contributed by atoms with Crippen molar-refractivity contribution in [3.63, 3.8) is 0 Å². The zero-order valence-electron chi connectivity index (χ0n) is 11.3. The van der Waals surface area contributed by atoms with Gasteiger partial charge in [0.2, 0.25) is 0 Å². The molecule has 0 spiro atoms. The molecule has 2 N–H and O–H groups in total. The lowest BCUT2D eigenvalue weighted by atomic mass is 10.1. The van der Waals surface area contributed by atoms with E-state index < -0.39 is 11.7 Å². The third-order valence-corrected chi connectivity index (χ3v) is 3.01. The first kappa shape index (κ1) is 16.7. The molecule has 1 rings (SSSR count). The van der Waals surface area contributed by atoms with E-state index in [9.17, 15) is 13.2 Å². The van der Waals surface area contributed by atoms with E-state index in [4.69, 9.17) is 10.5 Å². The largest absolute Gasteiger partial charge is 0.417 e. The van der Waals surface area contributed by atoms with Crippen LogP contribution >= 0.6 is 12.2 Å². The summed E-state index contributed by atoms with van der Waals surface area (Å²) >= 11 is 4.66. The molecule has 1 aromatic rings. The highest BCUT2D eigenvalue weighted by molar-refractivity contribution is 7.80. The molecule has 0 bridgehead atoms. The van der Waals surface area contributed by atoms with Gasteiger partial charge in [-0.25, -0.2) is 0 Å². The Morgan fingerprint density at radius 2 is 2.05 bits per heavy atom. The van der Waals surface area contributed by atoms with Crippen LogP contribution < -0.4 is 10.6 Å². The van der Waals surface area contributed by atoms with Crippen molar-refractivity contribution in [1.82, 2.24) is 0 Å². The Hall–Kier alpha value is -1.34. The number of benzene rings is 1. The minimum Gasteiger partial charge on any atom is -0.389 e. The summed E-state index contributed by atoms with van der Waals surface area (Å²) in [6.45, 7) is 3.38. The summed E-state index contributed by atoms with van der Waals surface area (Å²) in [5.41, 5.74) is 4.80. The quantitative estimate of drug-likeness (QED) is 0.648. The minimum absolute atomic E-state index is 0.158. The van der Waals surface area contributed by atoms with Crippen molar-refractivity contribution < 1.29 is 17.9 Å². The lowest BCUT2D eigenvalue weighted by molar-refractivity contribution is -0.137. The van der Waals surface area contributed by atoms with Crippen LogP contribution in [0.3, 0.4) is 0 Å². The van der Waals surface area contributed by atoms with Crippen molar-refractivity contribution in [2.75, 3.05) is 31.7 Å². The maximum Gasteiger partial charge on any atom is 0.417 e. The SMILES string of the molecule is CCOCCN(C)c1ccc(C(N)=S)c(C(F)(F)F)c1. The molecule has 0 saturated carbocycles. The summed E-state index contributed by atoms with van der Waals surface area (Å²) in [5, 5.41) is 0. The van der Waals surface area contributed by atoms with Crippen LogP contribution in [0, 0.1) is 0 Å². The van der Waals surface area contributed by atoms with Crippen LogP contribution in [0.4, 0.5) is 18.9 Å². The highest BCUT2D eigenvalue weighted by Gasteiger charge is 2.34. The van der Waals surface area contributed by atoms with Crippen LogP contribution in [0.5, 0.6) is 0 Å². The van der Waals surface area contributed by atoms with Crippen LogP contribution in [0.15, 0.2) is 18.2 Å². The third-order valence-electron chi connectivity index (χ3n) is 2.79. The van der Waals surface area contributed by atoms with Crippen LogP contribution in [0.2, 0.25) is 0 Å². The van der Waals surface area contributed by atoms with Crippen molar-refractivity contribution >= 4 is 22.9 Å². The molecule has 0 atom stereocenters. The van der Waals surface area contributed by atoms with Crippen molar-refractivity contribution in [1.29, 1.82) is 0 Å². The Labute approximate surface area is 121 Å². The Kier molecular flexibility index (Phi) is 5.76. The number of ether oxygens (including phenoxy) is 1. The van der Waals surface area contributed by atoms with Gasteiger partial charge in [-0.2, -0.15) is 13.2 Å². The first-order valence-electron chi connectivity index (χ1n) is 6.07. The lowest BCUT2D eigenvalue weighted by Gasteiger charge is -2.21. The maximum absolute atomic E-state index is 13.0. The fourth-order valence-corrected chi connectivity index (χ4v) is 1.87. The molecule has 0 amide bonds. The second kappa shape index (κ2) is 6.90. The molecule has 20 heavy (non-hydrogen) atoms. The Morgan fingerprint density at radius 1 is 1.40 bits per heavy atom. The molecule has 0 aliphatic rings. The molecule has 0 aliphatic heterocycles. The van der Waals surface area contributed by atoms with Gasteiger partial charge in [-0.1, -0.05) is 12.2 Å². The molecule has 0 unspecified atom stereocenters. The van der Waals surface area contributed by atoms with Crippen molar-refractivity contribution in [2.24, 2.45) is 5.73 Å². The molecule has 0 aliphatic carbocycles. The molecule has 0 fully saturated rings. The van der Waals surface area contributed by atoms with Gasteiger partial charge in [-0.15, -0.1) is 0 Å². The van der Waals surface area contributed by atoms with Gasteiger partial charge in [0.15, 0.2) is 0 Å². The second-order valence-corrected chi connectivity index (χ2v) is 4.65. The predicted molar refractivity (Wildman–Crippen MR) is 77.1 cm³/mol. The van der Waals surface area contributed by atoms with E-state index in [1.54, 1.807) is 18.0 Å². The van der Waals surface area contributed by atoms with Gasteiger partial charge in [0, 0.05) is 31.5 Å². The number of likely N-dealkylation sites (N-methyl/N-ethyl adjacent to an activating group) is 1. The summed E-state index contributed by atoms with van der Waals surface area (Å²) in [5.74, 6) is 0. The van der Waals surface area contributed by atoms with Crippen molar-refractivity contribution in [3.8, 4) is 0 Å². The number of nitrogens with two attached hydrogens (primary N) is 1. The van der Waals surface area contributed by atoms with E-state index in [-0.39, 0.29) is 10.6 Å². The number of nitrogens with zero attached hydrogens (tertiary/aromatic N) is 1. The summed E-state index contributed by atoms with van der Waals surface area (Å²) in [4.78, 5) is 1.43. The molecule has 0 saturated heterocycles. The standard InChI is InChI=1S/C13H17F3N2OS/c1-3-19-7-6-18(2)9-4-5-10(12(17)20)11(8-9)13(14,15)16/h4-5,8H,3,6-7H2,1-2H3,(H2,17,20). The normalized spacial score (nSPS) is 11.4. The van der Waals surface area contributed by atoms with Crippen LogP contribution in [-0.4, -0.2) is 31.8 Å². The van der Waals surface area contributed by atoms with E-state index in [2.05, 4.69) is 12.2 Å². The average Bonchev–Trinajstić information content (AvgIpc) is 2.37. The predicted octanol–water partition coefficient (Wildman–Crippen LogP) is 2.81. The van der Waals surface area contributed by atoms with Crippen molar-refractivity contribution in [3.05, 3.63) is 29.3 Å². The van der Waals surface area contributed by atoms with Gasteiger partial charge < -0.3 is 15.4 Å². The second-order valence-electron chi connectivity index (χ2n) is 4.21. The highest BCUT2D eigenvalue weighted by atomic mass is 32.1. The monoisotopic (exact) mass is 306 g/mol. The van der Waals surface area contributed by atoms with E-state index in [0.29, 0.717) is 25.4 Å². The van der Waals surface area contributed by atoms with Gasteiger partial charge >= 0.3 is 6.18 Å². The Bertz CT molecular complexity index is 477. The van der Waals surface area contributed by atoms with Crippen LogP contribution in [-0.2, 0) is 10.9 Å². The van der Waals surface area contributed by atoms with E-state index in [0.717, 1.165) is 6.07 Å². The summed E-state index contributed by atoms with van der Waals surface area (Å²) in [6.07, 6.45) is -4.49. The zero-order chi connectivity index (χ0) is 15.3. The fraction of sp³-hybridized carbons (Fsp3) is 0.462. The number of rotatable bonds is 6. The van der Waals surface area contributed by atoms with Crippen LogP contribution in [0.1, 0.15) is 18.1 Å². The van der Waals surface area contributed by atoms with E-state index in [1.807, 2.05) is 6.92 Å². The molecular formula is C13H17F3N2OS. The number of anilines is 1. The van der Waals surface area contributed by atoms with Gasteiger partial charge in [-0.3, -0.25) is 0 Å². The van der Waals surface area contributed by atoms with Gasteiger partial charge in [0.1, 0.15) is 4.99 Å². The number of hydrogen-bond acceptors (Lipinski definition) is 3. The first-order valence-corrected chi connectivity index (χ1v) is 6.48. The summed E-state index contributed by atoms with van der Waals surface area (Å²) in [6, 6.07) is 3.92. The topological polar surface area (TPSA) is 38.5 Å². The van der Waals surface area contributed by atoms with Gasteiger partial charge in [0.05, 0.1) is 12.2 Å². The third kappa shape index (κ3) is 4.35. The molecule has 7 heteroatoms. The zero-order valence-corrected chi connectivity index (χ0v) is 12.1. The number of halogens is 3. The van der Waals surface area contributed by atoms with Gasteiger partial charge in [-0.05, 0) is 25.1 Å².